The first kappa shape index (κ1) is 15.2. The summed E-state index contributed by atoms with van der Waals surface area (Å²) in [5.74, 6) is 0.0521. The van der Waals surface area contributed by atoms with Crippen molar-refractivity contribution in [3.63, 3.8) is 0 Å². The number of amides is 1. The molecule has 1 amide bonds. The minimum absolute atomic E-state index is 0.160. The number of methoxy groups -OCH3 is 1. The average molecular weight is 322 g/mol. The Bertz CT molecular complexity index is 689. The van der Waals surface area contributed by atoms with E-state index in [1.54, 1.807) is 24.3 Å². The fraction of sp³-hybridized carbons (Fsp3) is 0.0714. The molecule has 1 aromatic heterocycles. The maximum Gasteiger partial charge on any atom is 0.274 e. The number of aromatic nitrogens is 1. The molecule has 21 heavy (non-hydrogen) atoms. The van der Waals surface area contributed by atoms with Gasteiger partial charge in [-0.15, -0.1) is 0 Å². The first-order chi connectivity index (χ1) is 10.0. The summed E-state index contributed by atoms with van der Waals surface area (Å²) in [7, 11) is 1.49. The van der Waals surface area contributed by atoms with Crippen LogP contribution in [0, 0.1) is 0 Å². The summed E-state index contributed by atoms with van der Waals surface area (Å²) in [4.78, 5) is 16.3. The van der Waals surface area contributed by atoms with E-state index in [1.807, 2.05) is 0 Å². The second kappa shape index (κ2) is 6.51. The molecule has 0 aliphatic rings. The third kappa shape index (κ3) is 3.48. The van der Waals surface area contributed by atoms with Crippen LogP contribution < -0.4 is 15.8 Å². The van der Waals surface area contributed by atoms with Gasteiger partial charge >= 0.3 is 0 Å². The Morgan fingerprint density at radius 1 is 1.38 bits per heavy atom. The summed E-state index contributed by atoms with van der Waals surface area (Å²) in [6, 6.07) is 8.25. The normalized spacial score (nSPS) is 10.0. The Labute approximate surface area is 132 Å². The molecule has 0 fully saturated rings. The molecule has 0 bridgehead atoms. The molecule has 108 valence electrons. The number of benzene rings is 1. The van der Waals surface area contributed by atoms with E-state index in [9.17, 15) is 4.79 Å². The van der Waals surface area contributed by atoms with Gasteiger partial charge < -0.3 is 15.8 Å². The summed E-state index contributed by atoms with van der Waals surface area (Å²) < 4.78 is 5.22. The Hall–Kier alpha value is -2.18. The predicted octanol–water partition coefficient (Wildman–Crippen LogP) is 2.63. The van der Waals surface area contributed by atoms with Gasteiger partial charge in [-0.25, -0.2) is 4.98 Å². The number of nitrogens with one attached hydrogen (secondary N) is 1. The molecule has 0 aliphatic heterocycles. The Balaban J connectivity index is 2.36. The van der Waals surface area contributed by atoms with E-state index in [-0.39, 0.29) is 10.7 Å². The van der Waals surface area contributed by atoms with Crippen molar-refractivity contribution in [2.24, 2.45) is 5.73 Å². The number of para-hydroxylation sites is 1. The van der Waals surface area contributed by atoms with Gasteiger partial charge in [-0.3, -0.25) is 4.79 Å². The molecule has 0 unspecified atom stereocenters. The molecule has 0 spiro atoms. The second-order valence-corrected chi connectivity index (χ2v) is 4.94. The highest BCUT2D eigenvalue weighted by molar-refractivity contribution is 7.80. The van der Waals surface area contributed by atoms with Crippen molar-refractivity contribution in [3.8, 4) is 5.75 Å². The second-order valence-electron chi connectivity index (χ2n) is 4.06. The molecule has 0 saturated carbocycles. The van der Waals surface area contributed by atoms with E-state index in [4.69, 9.17) is 34.3 Å². The van der Waals surface area contributed by atoms with Crippen LogP contribution in [0.25, 0.3) is 0 Å². The van der Waals surface area contributed by atoms with Crippen molar-refractivity contribution in [1.82, 2.24) is 4.98 Å². The fourth-order valence-corrected chi connectivity index (χ4v) is 2.01. The largest absolute Gasteiger partial charge is 0.495 e. The Kier molecular flexibility index (Phi) is 4.72. The maximum absolute atomic E-state index is 12.2. The standard InChI is InChI=1S/C14H12ClN3O2S/c1-20-11-4-2-3-9(13(16)21)12(11)18-14(19)10-6-5-8(15)7-17-10/h2-7H,1H3,(H2,16,21)(H,18,19). The molecule has 7 heteroatoms. The van der Waals surface area contributed by atoms with Gasteiger partial charge in [-0.2, -0.15) is 0 Å². The van der Waals surface area contributed by atoms with Gasteiger partial charge in [-0.05, 0) is 24.3 Å². The van der Waals surface area contributed by atoms with E-state index in [0.717, 1.165) is 0 Å². The number of hydrogen-bond donors (Lipinski definition) is 2. The summed E-state index contributed by atoms with van der Waals surface area (Å²) in [5.41, 5.74) is 6.82. The first-order valence-electron chi connectivity index (χ1n) is 5.92. The first-order valence-corrected chi connectivity index (χ1v) is 6.71. The Morgan fingerprint density at radius 3 is 2.71 bits per heavy atom. The quantitative estimate of drug-likeness (QED) is 0.846. The minimum atomic E-state index is -0.409. The highest BCUT2D eigenvalue weighted by Gasteiger charge is 2.15. The molecular weight excluding hydrogens is 310 g/mol. The highest BCUT2D eigenvalue weighted by atomic mass is 35.5. The Morgan fingerprint density at radius 2 is 2.14 bits per heavy atom. The molecule has 5 nitrogen and oxygen atoms in total. The van der Waals surface area contributed by atoms with Crippen molar-refractivity contribution < 1.29 is 9.53 Å². The number of nitrogens with two attached hydrogens (primary N) is 1. The van der Waals surface area contributed by atoms with Crippen LogP contribution >= 0.6 is 23.8 Å². The molecular formula is C14H12ClN3O2S. The van der Waals surface area contributed by atoms with Crippen LogP contribution in [0.2, 0.25) is 5.02 Å². The number of anilines is 1. The smallest absolute Gasteiger partial charge is 0.274 e. The monoisotopic (exact) mass is 321 g/mol. The lowest BCUT2D eigenvalue weighted by Gasteiger charge is -2.14. The minimum Gasteiger partial charge on any atom is -0.495 e. The number of pyridine rings is 1. The van der Waals surface area contributed by atoms with Gasteiger partial charge in [0.2, 0.25) is 0 Å². The van der Waals surface area contributed by atoms with Gasteiger partial charge in [0.05, 0.1) is 17.8 Å². The molecule has 0 saturated heterocycles. The van der Waals surface area contributed by atoms with Gasteiger partial charge in [0.25, 0.3) is 5.91 Å². The topological polar surface area (TPSA) is 77.2 Å². The van der Waals surface area contributed by atoms with Gasteiger partial charge in [0.1, 0.15) is 16.4 Å². The zero-order chi connectivity index (χ0) is 15.4. The molecule has 2 aromatic rings. The third-order valence-corrected chi connectivity index (χ3v) is 3.15. The summed E-state index contributed by atoms with van der Waals surface area (Å²) >= 11 is 10.7. The van der Waals surface area contributed by atoms with Crippen LogP contribution in [0.1, 0.15) is 16.1 Å². The van der Waals surface area contributed by atoms with Gasteiger partial charge in [-0.1, -0.05) is 29.9 Å². The molecule has 1 aromatic carbocycles. The molecule has 3 N–H and O–H groups in total. The zero-order valence-electron chi connectivity index (χ0n) is 11.1. The van der Waals surface area contributed by atoms with Crippen LogP contribution in [-0.2, 0) is 0 Å². The number of carbonyl (C=O) groups is 1. The van der Waals surface area contributed by atoms with Gasteiger partial charge in [0.15, 0.2) is 0 Å². The number of rotatable bonds is 4. The highest BCUT2D eigenvalue weighted by Crippen LogP contribution is 2.28. The summed E-state index contributed by atoms with van der Waals surface area (Å²) in [6.45, 7) is 0. The maximum atomic E-state index is 12.2. The van der Waals surface area contributed by atoms with Crippen molar-refractivity contribution >= 4 is 40.4 Å². The van der Waals surface area contributed by atoms with E-state index in [2.05, 4.69) is 10.3 Å². The van der Waals surface area contributed by atoms with E-state index < -0.39 is 5.91 Å². The molecule has 1 heterocycles. The van der Waals surface area contributed by atoms with Crippen molar-refractivity contribution in [2.45, 2.75) is 0 Å². The molecule has 0 atom stereocenters. The third-order valence-electron chi connectivity index (χ3n) is 2.71. The van der Waals surface area contributed by atoms with E-state index >= 15 is 0 Å². The van der Waals surface area contributed by atoms with E-state index in [1.165, 1.54) is 19.4 Å². The number of hydrogen-bond acceptors (Lipinski definition) is 4. The van der Waals surface area contributed by atoms with Crippen molar-refractivity contribution in [1.29, 1.82) is 0 Å². The van der Waals surface area contributed by atoms with Crippen LogP contribution in [0.5, 0.6) is 5.75 Å². The number of carbonyl (C=O) groups excluding carboxylic acids is 1. The van der Waals surface area contributed by atoms with Crippen molar-refractivity contribution in [2.75, 3.05) is 12.4 Å². The van der Waals surface area contributed by atoms with Crippen LogP contribution in [0.3, 0.4) is 0 Å². The lowest BCUT2D eigenvalue weighted by molar-refractivity contribution is 0.102. The lowest BCUT2D eigenvalue weighted by Crippen LogP contribution is -2.19. The van der Waals surface area contributed by atoms with Crippen LogP contribution in [0.15, 0.2) is 36.5 Å². The number of halogens is 1. The van der Waals surface area contributed by atoms with Gasteiger partial charge in [0, 0.05) is 11.8 Å². The van der Waals surface area contributed by atoms with Crippen molar-refractivity contribution in [3.05, 3.63) is 52.8 Å². The molecule has 2 rings (SSSR count). The fourth-order valence-electron chi connectivity index (χ4n) is 1.72. The zero-order valence-corrected chi connectivity index (χ0v) is 12.7. The van der Waals surface area contributed by atoms with Crippen LogP contribution in [0.4, 0.5) is 5.69 Å². The number of nitrogens with zero attached hydrogens (tertiary/aromatic N) is 1. The van der Waals surface area contributed by atoms with E-state index in [0.29, 0.717) is 22.0 Å². The number of thiocarbonyl (C=S) groups is 1. The van der Waals surface area contributed by atoms with Crippen LogP contribution in [-0.4, -0.2) is 23.0 Å². The average Bonchev–Trinajstić information content (AvgIpc) is 2.47. The SMILES string of the molecule is COc1cccc(C(N)=S)c1NC(=O)c1ccc(Cl)cn1. The molecule has 0 aliphatic carbocycles. The molecule has 0 radical (unpaired) electrons. The summed E-state index contributed by atoms with van der Waals surface area (Å²) in [5, 5.41) is 3.16. The summed E-state index contributed by atoms with van der Waals surface area (Å²) in [6.07, 6.45) is 1.40. The predicted molar refractivity (Wildman–Crippen MR) is 86.1 cm³/mol. The number of ether oxygens (including phenoxy) is 1. The lowest BCUT2D eigenvalue weighted by atomic mass is 10.1.